The third-order valence-electron chi connectivity index (χ3n) is 2.93. The van der Waals surface area contributed by atoms with E-state index in [-0.39, 0.29) is 5.56 Å². The predicted molar refractivity (Wildman–Crippen MR) is 75.0 cm³/mol. The molecule has 4 nitrogen and oxygen atoms in total. The SMILES string of the molecule is Cc1cc(C)n(-c2ccccc2Cl)c(=O)c1C(N)=O. The Bertz CT molecular complexity index is 720. The molecule has 2 rings (SSSR count). The Morgan fingerprint density at radius 1 is 1.26 bits per heavy atom. The first kappa shape index (κ1) is 13.4. The number of hydrogen-bond acceptors (Lipinski definition) is 2. The molecule has 0 radical (unpaired) electrons. The molecule has 0 aliphatic carbocycles. The Kier molecular flexibility index (Phi) is 3.44. The summed E-state index contributed by atoms with van der Waals surface area (Å²) >= 11 is 6.10. The number of nitrogens with zero attached hydrogens (tertiary/aromatic N) is 1. The van der Waals surface area contributed by atoms with Crippen molar-refractivity contribution in [2.75, 3.05) is 0 Å². The van der Waals surface area contributed by atoms with E-state index in [1.54, 1.807) is 44.2 Å². The average molecular weight is 277 g/mol. The van der Waals surface area contributed by atoms with Gasteiger partial charge in [0, 0.05) is 5.69 Å². The van der Waals surface area contributed by atoms with Gasteiger partial charge in [0.05, 0.1) is 10.7 Å². The maximum atomic E-state index is 12.4. The molecule has 0 spiro atoms. The zero-order valence-electron chi connectivity index (χ0n) is 10.6. The summed E-state index contributed by atoms with van der Waals surface area (Å²) in [6, 6.07) is 8.69. The number of carbonyl (C=O) groups is 1. The molecule has 5 heteroatoms. The fraction of sp³-hybridized carbons (Fsp3) is 0.143. The van der Waals surface area contributed by atoms with Crippen LogP contribution in [-0.4, -0.2) is 10.5 Å². The van der Waals surface area contributed by atoms with Crippen LogP contribution in [0.25, 0.3) is 5.69 Å². The molecule has 0 saturated heterocycles. The van der Waals surface area contributed by atoms with Gasteiger partial charge in [0.25, 0.3) is 11.5 Å². The number of aromatic nitrogens is 1. The number of carbonyl (C=O) groups excluding carboxylic acids is 1. The predicted octanol–water partition coefficient (Wildman–Crippen LogP) is 2.21. The molecule has 1 aromatic carbocycles. The highest BCUT2D eigenvalue weighted by Crippen LogP contribution is 2.20. The highest BCUT2D eigenvalue weighted by Gasteiger charge is 2.16. The van der Waals surface area contributed by atoms with Gasteiger partial charge in [-0.2, -0.15) is 0 Å². The first-order valence-electron chi connectivity index (χ1n) is 5.71. The van der Waals surface area contributed by atoms with Gasteiger partial charge in [0.2, 0.25) is 0 Å². The maximum Gasteiger partial charge on any atom is 0.268 e. The van der Waals surface area contributed by atoms with E-state index in [4.69, 9.17) is 17.3 Å². The van der Waals surface area contributed by atoms with Crippen LogP contribution in [0.5, 0.6) is 0 Å². The molecule has 1 heterocycles. The van der Waals surface area contributed by atoms with E-state index >= 15 is 0 Å². The number of aryl methyl sites for hydroxylation is 2. The molecular weight excluding hydrogens is 264 g/mol. The van der Waals surface area contributed by atoms with Crippen LogP contribution in [0.3, 0.4) is 0 Å². The third-order valence-corrected chi connectivity index (χ3v) is 3.25. The lowest BCUT2D eigenvalue weighted by Crippen LogP contribution is -2.31. The molecule has 2 N–H and O–H groups in total. The van der Waals surface area contributed by atoms with E-state index in [9.17, 15) is 9.59 Å². The number of primary amides is 1. The number of nitrogens with two attached hydrogens (primary N) is 1. The molecule has 0 unspecified atom stereocenters. The van der Waals surface area contributed by atoms with E-state index in [1.807, 2.05) is 0 Å². The zero-order valence-corrected chi connectivity index (χ0v) is 11.4. The van der Waals surface area contributed by atoms with Crippen LogP contribution in [0.2, 0.25) is 5.02 Å². The Balaban J connectivity index is 2.86. The topological polar surface area (TPSA) is 65.1 Å². The van der Waals surface area contributed by atoms with Crippen molar-refractivity contribution in [1.29, 1.82) is 0 Å². The summed E-state index contributed by atoms with van der Waals surface area (Å²) in [5, 5.41) is 0.437. The van der Waals surface area contributed by atoms with Crippen LogP contribution in [0.15, 0.2) is 35.1 Å². The average Bonchev–Trinajstić information content (AvgIpc) is 2.30. The van der Waals surface area contributed by atoms with E-state index in [1.165, 1.54) is 4.57 Å². The van der Waals surface area contributed by atoms with Gasteiger partial charge in [-0.05, 0) is 37.6 Å². The van der Waals surface area contributed by atoms with E-state index in [0.29, 0.717) is 22.0 Å². The standard InChI is InChI=1S/C14H13ClN2O2/c1-8-7-9(2)17(14(19)12(8)13(16)18)11-6-4-3-5-10(11)15/h3-7H,1-2H3,(H2,16,18). The summed E-state index contributed by atoms with van der Waals surface area (Å²) in [5.41, 5.74) is 6.61. The second-order valence-corrected chi connectivity index (χ2v) is 4.71. The van der Waals surface area contributed by atoms with Gasteiger partial charge in [-0.1, -0.05) is 23.7 Å². The number of amides is 1. The van der Waals surface area contributed by atoms with Crippen molar-refractivity contribution in [3.05, 3.63) is 62.5 Å². The van der Waals surface area contributed by atoms with Crippen molar-refractivity contribution in [2.45, 2.75) is 13.8 Å². The molecule has 0 saturated carbocycles. The number of benzene rings is 1. The maximum absolute atomic E-state index is 12.4. The molecule has 0 aliphatic heterocycles. The largest absolute Gasteiger partial charge is 0.365 e. The van der Waals surface area contributed by atoms with Crippen molar-refractivity contribution in [3.8, 4) is 5.69 Å². The number of halogens is 1. The molecule has 98 valence electrons. The molecule has 0 aliphatic rings. The Morgan fingerprint density at radius 2 is 1.89 bits per heavy atom. The lowest BCUT2D eigenvalue weighted by Gasteiger charge is -2.14. The Morgan fingerprint density at radius 3 is 2.47 bits per heavy atom. The molecule has 1 amide bonds. The minimum absolute atomic E-state index is 0.00878. The quantitative estimate of drug-likeness (QED) is 0.914. The van der Waals surface area contributed by atoms with Crippen molar-refractivity contribution in [2.24, 2.45) is 5.73 Å². The highest BCUT2D eigenvalue weighted by molar-refractivity contribution is 6.32. The number of para-hydroxylation sites is 1. The van der Waals surface area contributed by atoms with Crippen LogP contribution in [-0.2, 0) is 0 Å². The highest BCUT2D eigenvalue weighted by atomic mass is 35.5. The van der Waals surface area contributed by atoms with Crippen LogP contribution >= 0.6 is 11.6 Å². The van der Waals surface area contributed by atoms with Gasteiger partial charge in [0.15, 0.2) is 0 Å². The summed E-state index contributed by atoms with van der Waals surface area (Å²) in [7, 11) is 0. The van der Waals surface area contributed by atoms with Gasteiger partial charge >= 0.3 is 0 Å². The summed E-state index contributed by atoms with van der Waals surface area (Å²) in [4.78, 5) is 23.8. The fourth-order valence-electron chi connectivity index (χ4n) is 2.12. The lowest BCUT2D eigenvalue weighted by atomic mass is 10.1. The molecular formula is C14H13ClN2O2. The lowest BCUT2D eigenvalue weighted by molar-refractivity contribution is 0.0998. The summed E-state index contributed by atoms with van der Waals surface area (Å²) in [6.07, 6.45) is 0. The summed E-state index contributed by atoms with van der Waals surface area (Å²) in [6.45, 7) is 3.47. The number of rotatable bonds is 2. The second-order valence-electron chi connectivity index (χ2n) is 4.30. The fourth-order valence-corrected chi connectivity index (χ4v) is 2.34. The van der Waals surface area contributed by atoms with Crippen LogP contribution < -0.4 is 11.3 Å². The van der Waals surface area contributed by atoms with Crippen LogP contribution in [0.4, 0.5) is 0 Å². The van der Waals surface area contributed by atoms with Crippen LogP contribution in [0, 0.1) is 13.8 Å². The number of hydrogen-bond donors (Lipinski definition) is 1. The molecule has 2 aromatic rings. The summed E-state index contributed by atoms with van der Waals surface area (Å²) < 4.78 is 1.40. The number of pyridine rings is 1. The van der Waals surface area contributed by atoms with Gasteiger partial charge in [0.1, 0.15) is 5.56 Å². The van der Waals surface area contributed by atoms with E-state index in [2.05, 4.69) is 0 Å². The monoisotopic (exact) mass is 276 g/mol. The Labute approximate surface area is 115 Å². The molecule has 0 bridgehead atoms. The van der Waals surface area contributed by atoms with Gasteiger partial charge in [-0.3, -0.25) is 14.2 Å². The van der Waals surface area contributed by atoms with Gasteiger partial charge in [-0.25, -0.2) is 0 Å². The second kappa shape index (κ2) is 4.90. The van der Waals surface area contributed by atoms with Gasteiger partial charge in [-0.15, -0.1) is 0 Å². The summed E-state index contributed by atoms with van der Waals surface area (Å²) in [5.74, 6) is -0.733. The molecule has 1 aromatic heterocycles. The molecule has 0 fully saturated rings. The normalized spacial score (nSPS) is 10.5. The third kappa shape index (κ3) is 2.27. The molecule has 19 heavy (non-hydrogen) atoms. The minimum Gasteiger partial charge on any atom is -0.365 e. The van der Waals surface area contributed by atoms with Crippen molar-refractivity contribution in [3.63, 3.8) is 0 Å². The van der Waals surface area contributed by atoms with Crippen LogP contribution in [0.1, 0.15) is 21.6 Å². The smallest absolute Gasteiger partial charge is 0.268 e. The van der Waals surface area contributed by atoms with Crippen molar-refractivity contribution in [1.82, 2.24) is 4.57 Å². The van der Waals surface area contributed by atoms with E-state index < -0.39 is 11.5 Å². The minimum atomic E-state index is -0.733. The zero-order chi connectivity index (χ0) is 14.2. The Hall–Kier alpha value is -2.07. The van der Waals surface area contributed by atoms with Crippen molar-refractivity contribution < 1.29 is 4.79 Å². The van der Waals surface area contributed by atoms with E-state index in [0.717, 1.165) is 0 Å². The first-order valence-corrected chi connectivity index (χ1v) is 6.09. The van der Waals surface area contributed by atoms with Gasteiger partial charge < -0.3 is 5.73 Å². The molecule has 0 atom stereocenters. The van der Waals surface area contributed by atoms with Crippen molar-refractivity contribution >= 4 is 17.5 Å². The first-order chi connectivity index (χ1) is 8.93.